The van der Waals surface area contributed by atoms with Crippen molar-refractivity contribution in [2.45, 2.75) is 6.54 Å². The average molecular weight is 242 g/mol. The van der Waals surface area contributed by atoms with Crippen LogP contribution >= 0.6 is 11.6 Å². The highest BCUT2D eigenvalue weighted by atomic mass is 35.5. The number of amides is 1. The van der Waals surface area contributed by atoms with Gasteiger partial charge in [0, 0.05) is 0 Å². The van der Waals surface area contributed by atoms with Crippen molar-refractivity contribution >= 4 is 28.5 Å². The zero-order valence-electron chi connectivity index (χ0n) is 8.35. The number of nitrogens with zero attached hydrogens (tertiary/aromatic N) is 4. The van der Waals surface area contributed by atoms with Gasteiger partial charge in [-0.15, -0.1) is 0 Å². The second-order valence-corrected chi connectivity index (χ2v) is 3.37. The Kier molecular flexibility index (Phi) is 2.61. The summed E-state index contributed by atoms with van der Waals surface area (Å²) >= 11 is 5.69. The Morgan fingerprint density at radius 2 is 2.38 bits per heavy atom. The van der Waals surface area contributed by atoms with E-state index in [4.69, 9.17) is 22.1 Å². The van der Waals surface area contributed by atoms with Crippen LogP contribution in [-0.4, -0.2) is 32.8 Å². The molecule has 1 amide bonds. The minimum atomic E-state index is -0.495. The summed E-state index contributed by atoms with van der Waals surface area (Å²) in [5.74, 6) is -0.232. The molecule has 0 unspecified atom stereocenters. The van der Waals surface area contributed by atoms with Crippen molar-refractivity contribution in [1.29, 1.82) is 0 Å². The molecule has 7 nitrogen and oxygen atoms in total. The van der Waals surface area contributed by atoms with Crippen LogP contribution in [0.1, 0.15) is 0 Å². The molecule has 0 atom stereocenters. The Bertz CT molecular complexity index is 553. The van der Waals surface area contributed by atoms with Crippen LogP contribution in [0.3, 0.4) is 0 Å². The van der Waals surface area contributed by atoms with Crippen LogP contribution in [0.2, 0.25) is 5.28 Å². The van der Waals surface area contributed by atoms with Gasteiger partial charge in [-0.2, -0.15) is 10.1 Å². The van der Waals surface area contributed by atoms with Crippen LogP contribution in [0.5, 0.6) is 5.88 Å². The van der Waals surface area contributed by atoms with Gasteiger partial charge in [0.2, 0.25) is 17.1 Å². The van der Waals surface area contributed by atoms with Crippen molar-refractivity contribution in [2.24, 2.45) is 5.73 Å². The third kappa shape index (κ3) is 1.89. The van der Waals surface area contributed by atoms with Crippen LogP contribution in [0.4, 0.5) is 0 Å². The molecule has 0 saturated heterocycles. The summed E-state index contributed by atoms with van der Waals surface area (Å²) < 4.78 is 6.36. The van der Waals surface area contributed by atoms with E-state index in [2.05, 4.69) is 15.1 Å². The number of ether oxygens (including phenoxy) is 1. The van der Waals surface area contributed by atoms with Gasteiger partial charge in [-0.05, 0) is 11.6 Å². The monoisotopic (exact) mass is 241 g/mol. The number of aromatic nitrogens is 4. The number of methoxy groups -OCH3 is 1. The number of carbonyl (C=O) groups is 1. The number of primary amides is 1. The number of carbonyl (C=O) groups excluding carboxylic acids is 1. The largest absolute Gasteiger partial charge is 0.479 e. The maximum atomic E-state index is 10.7. The van der Waals surface area contributed by atoms with E-state index in [1.807, 2.05) is 0 Å². The van der Waals surface area contributed by atoms with Gasteiger partial charge in [-0.1, -0.05) is 0 Å². The Morgan fingerprint density at radius 1 is 1.62 bits per heavy atom. The predicted octanol–water partition coefficient (Wildman–Crippen LogP) is -0.0264. The normalized spacial score (nSPS) is 10.6. The summed E-state index contributed by atoms with van der Waals surface area (Å²) in [7, 11) is 1.45. The highest BCUT2D eigenvalue weighted by Crippen LogP contribution is 2.21. The van der Waals surface area contributed by atoms with Gasteiger partial charge in [0.15, 0.2) is 5.52 Å². The first kappa shape index (κ1) is 10.6. The molecule has 0 aliphatic carbocycles. The first-order valence-electron chi connectivity index (χ1n) is 4.33. The first-order valence-corrected chi connectivity index (χ1v) is 4.71. The number of hydrogen-bond donors (Lipinski definition) is 1. The lowest BCUT2D eigenvalue weighted by molar-refractivity contribution is -0.118. The molecule has 0 bridgehead atoms. The summed E-state index contributed by atoms with van der Waals surface area (Å²) in [6.07, 6.45) is 1.55. The lowest BCUT2D eigenvalue weighted by atomic mass is 10.4. The molecule has 2 rings (SSSR count). The maximum absolute atomic E-state index is 10.7. The second kappa shape index (κ2) is 3.93. The molecule has 0 spiro atoms. The lowest BCUT2D eigenvalue weighted by Crippen LogP contribution is -2.18. The number of fused-ring (bicyclic) bond motifs is 1. The SMILES string of the molecule is COc1nc(Cl)nc2cn(CC(N)=O)nc12. The Hall–Kier alpha value is -1.89. The average Bonchev–Trinajstić information content (AvgIpc) is 2.57. The molecule has 2 N–H and O–H groups in total. The van der Waals surface area contributed by atoms with Crippen molar-refractivity contribution in [3.8, 4) is 5.88 Å². The van der Waals surface area contributed by atoms with Gasteiger partial charge >= 0.3 is 0 Å². The molecule has 2 aromatic rings. The number of halogens is 1. The van der Waals surface area contributed by atoms with Gasteiger partial charge in [-0.3, -0.25) is 9.48 Å². The third-order valence-corrected chi connectivity index (χ3v) is 2.03. The van der Waals surface area contributed by atoms with Gasteiger partial charge in [0.1, 0.15) is 12.1 Å². The number of nitrogens with two attached hydrogens (primary N) is 1. The van der Waals surface area contributed by atoms with Gasteiger partial charge < -0.3 is 10.5 Å². The van der Waals surface area contributed by atoms with Crippen molar-refractivity contribution in [3.05, 3.63) is 11.5 Å². The smallest absolute Gasteiger partial charge is 0.246 e. The molecule has 0 aliphatic heterocycles. The fourth-order valence-corrected chi connectivity index (χ4v) is 1.46. The highest BCUT2D eigenvalue weighted by molar-refractivity contribution is 6.28. The van der Waals surface area contributed by atoms with E-state index in [1.54, 1.807) is 6.20 Å². The van der Waals surface area contributed by atoms with E-state index in [0.717, 1.165) is 0 Å². The van der Waals surface area contributed by atoms with Gasteiger partial charge in [-0.25, -0.2) is 4.98 Å². The topological polar surface area (TPSA) is 95.9 Å². The van der Waals surface area contributed by atoms with E-state index >= 15 is 0 Å². The molecule has 0 saturated carbocycles. The molecule has 8 heteroatoms. The highest BCUT2D eigenvalue weighted by Gasteiger charge is 2.12. The lowest BCUT2D eigenvalue weighted by Gasteiger charge is -1.98. The number of hydrogen-bond acceptors (Lipinski definition) is 5. The molecular weight excluding hydrogens is 234 g/mol. The zero-order chi connectivity index (χ0) is 11.7. The minimum Gasteiger partial charge on any atom is -0.479 e. The van der Waals surface area contributed by atoms with Crippen LogP contribution in [0.25, 0.3) is 11.0 Å². The van der Waals surface area contributed by atoms with E-state index in [0.29, 0.717) is 11.0 Å². The van der Waals surface area contributed by atoms with Gasteiger partial charge in [0.05, 0.1) is 13.3 Å². The summed E-state index contributed by atoms with van der Waals surface area (Å²) in [5.41, 5.74) is 5.99. The van der Waals surface area contributed by atoms with E-state index in [1.165, 1.54) is 11.8 Å². The molecule has 84 valence electrons. The molecule has 16 heavy (non-hydrogen) atoms. The van der Waals surface area contributed by atoms with Crippen molar-refractivity contribution in [2.75, 3.05) is 7.11 Å². The standard InChI is InChI=1S/C8H8ClN5O2/c1-16-7-6-4(11-8(9)12-7)2-14(13-6)3-5(10)15/h2H,3H2,1H3,(H2,10,15). The van der Waals surface area contributed by atoms with Crippen molar-refractivity contribution in [1.82, 2.24) is 19.7 Å². The molecule has 0 aromatic carbocycles. The van der Waals surface area contributed by atoms with Crippen LogP contribution in [0, 0.1) is 0 Å². The molecular formula is C8H8ClN5O2. The zero-order valence-corrected chi connectivity index (χ0v) is 9.10. The van der Waals surface area contributed by atoms with Crippen LogP contribution in [0.15, 0.2) is 6.20 Å². The fraction of sp³-hybridized carbons (Fsp3) is 0.250. The van der Waals surface area contributed by atoms with Crippen molar-refractivity contribution in [3.63, 3.8) is 0 Å². The summed E-state index contributed by atoms with van der Waals surface area (Å²) in [5, 5.41) is 4.13. The third-order valence-electron chi connectivity index (χ3n) is 1.86. The maximum Gasteiger partial charge on any atom is 0.246 e. The first-order chi connectivity index (χ1) is 7.60. The second-order valence-electron chi connectivity index (χ2n) is 3.03. The Morgan fingerprint density at radius 3 is 3.00 bits per heavy atom. The van der Waals surface area contributed by atoms with Crippen LogP contribution < -0.4 is 10.5 Å². The number of rotatable bonds is 3. The summed E-state index contributed by atoms with van der Waals surface area (Å²) in [4.78, 5) is 18.5. The minimum absolute atomic E-state index is 0.0306. The Balaban J connectivity index is 2.55. The van der Waals surface area contributed by atoms with E-state index < -0.39 is 5.91 Å². The predicted molar refractivity (Wildman–Crippen MR) is 56.1 cm³/mol. The quantitative estimate of drug-likeness (QED) is 0.762. The molecule has 2 heterocycles. The van der Waals surface area contributed by atoms with E-state index in [-0.39, 0.29) is 17.7 Å². The van der Waals surface area contributed by atoms with Crippen LogP contribution in [-0.2, 0) is 11.3 Å². The van der Waals surface area contributed by atoms with Gasteiger partial charge in [0.25, 0.3) is 0 Å². The van der Waals surface area contributed by atoms with Crippen molar-refractivity contribution < 1.29 is 9.53 Å². The van der Waals surface area contributed by atoms with E-state index in [9.17, 15) is 4.79 Å². The molecule has 0 fully saturated rings. The molecule has 0 aliphatic rings. The summed E-state index contributed by atoms with van der Waals surface area (Å²) in [6, 6.07) is 0. The Labute approximate surface area is 95.2 Å². The fourth-order valence-electron chi connectivity index (χ4n) is 1.29. The molecule has 0 radical (unpaired) electrons. The summed E-state index contributed by atoms with van der Waals surface area (Å²) in [6.45, 7) is -0.0306. The molecule has 2 aromatic heterocycles.